The first-order valence-corrected chi connectivity index (χ1v) is 4.87. The largest absolute Gasteiger partial charge is 0.481 e. The molecule has 1 heterocycles. The maximum absolute atomic E-state index is 12.2. The van der Waals surface area contributed by atoms with E-state index >= 15 is 0 Å². The number of carboxylic acids is 1. The van der Waals surface area contributed by atoms with Gasteiger partial charge in [0, 0.05) is 20.2 Å². The highest BCUT2D eigenvalue weighted by molar-refractivity contribution is 5.83. The molecule has 0 aromatic heterocycles. The Kier molecular flexibility index (Phi) is 3.97. The van der Waals surface area contributed by atoms with Gasteiger partial charge in [0.1, 0.15) is 0 Å². The van der Waals surface area contributed by atoms with Crippen molar-refractivity contribution >= 4 is 11.9 Å². The first kappa shape index (κ1) is 13.8. The van der Waals surface area contributed by atoms with Crippen molar-refractivity contribution < 1.29 is 32.6 Å². The Bertz CT molecular complexity index is 318. The lowest BCUT2D eigenvalue weighted by Crippen LogP contribution is -2.52. The van der Waals surface area contributed by atoms with Gasteiger partial charge in [0.25, 0.3) is 0 Å². The Morgan fingerprint density at radius 1 is 1.35 bits per heavy atom. The summed E-state index contributed by atoms with van der Waals surface area (Å²) in [5.74, 6) is -4.28. The molecule has 0 radical (unpaired) electrons. The number of carboxylic acid groups (broad SMARTS) is 1. The topological polar surface area (TPSA) is 66.8 Å². The summed E-state index contributed by atoms with van der Waals surface area (Å²) in [6, 6.07) is 0. The van der Waals surface area contributed by atoms with E-state index in [2.05, 4.69) is 0 Å². The second kappa shape index (κ2) is 4.91. The number of nitrogens with zero attached hydrogens (tertiary/aromatic N) is 1. The average molecular weight is 255 g/mol. The van der Waals surface area contributed by atoms with Gasteiger partial charge in [0.05, 0.1) is 12.0 Å². The van der Waals surface area contributed by atoms with Gasteiger partial charge >= 0.3 is 18.1 Å². The minimum atomic E-state index is -4.99. The van der Waals surface area contributed by atoms with E-state index in [-0.39, 0.29) is 13.0 Å². The van der Waals surface area contributed by atoms with Crippen molar-refractivity contribution in [3.63, 3.8) is 0 Å². The molecule has 8 heteroatoms. The van der Waals surface area contributed by atoms with Crippen molar-refractivity contribution in [3.8, 4) is 0 Å². The monoisotopic (exact) mass is 255 g/mol. The van der Waals surface area contributed by atoms with Crippen LogP contribution in [0.1, 0.15) is 6.42 Å². The van der Waals surface area contributed by atoms with Crippen LogP contribution in [0.2, 0.25) is 0 Å². The lowest BCUT2D eigenvalue weighted by Gasteiger charge is -2.35. The average Bonchev–Trinajstić information content (AvgIpc) is 2.26. The molecule has 0 spiro atoms. The molecular formula is C9H12F3NO4. The molecule has 1 aliphatic heterocycles. The van der Waals surface area contributed by atoms with Crippen LogP contribution in [0.5, 0.6) is 0 Å². The molecule has 0 saturated carbocycles. The molecule has 0 aromatic carbocycles. The smallest absolute Gasteiger partial charge is 0.471 e. The highest BCUT2D eigenvalue weighted by Crippen LogP contribution is 2.25. The summed E-state index contributed by atoms with van der Waals surface area (Å²) in [6.45, 7) is -0.674. The van der Waals surface area contributed by atoms with Crippen molar-refractivity contribution in [3.05, 3.63) is 0 Å². The maximum atomic E-state index is 12.2. The fraction of sp³-hybridized carbons (Fsp3) is 0.778. The van der Waals surface area contributed by atoms with Crippen LogP contribution in [0.4, 0.5) is 13.2 Å². The minimum Gasteiger partial charge on any atom is -0.481 e. The van der Waals surface area contributed by atoms with Gasteiger partial charge in [-0.2, -0.15) is 13.2 Å². The molecule has 0 bridgehead atoms. The number of aliphatic carboxylic acids is 1. The maximum Gasteiger partial charge on any atom is 0.471 e. The molecule has 0 aliphatic carbocycles. The Morgan fingerprint density at radius 2 is 1.94 bits per heavy atom. The van der Waals surface area contributed by atoms with E-state index < -0.39 is 36.6 Å². The molecule has 1 fully saturated rings. The first-order chi connectivity index (χ1) is 7.75. The molecule has 2 atom stereocenters. The van der Waals surface area contributed by atoms with E-state index in [0.29, 0.717) is 4.90 Å². The van der Waals surface area contributed by atoms with E-state index in [1.165, 1.54) is 7.11 Å². The number of ether oxygens (including phenoxy) is 1. The van der Waals surface area contributed by atoms with Gasteiger partial charge in [-0.25, -0.2) is 0 Å². The Balaban J connectivity index is 2.79. The number of likely N-dealkylation sites (tertiary alicyclic amines) is 1. The Hall–Kier alpha value is -1.31. The minimum absolute atomic E-state index is 0.105. The third kappa shape index (κ3) is 3.32. The van der Waals surface area contributed by atoms with Crippen molar-refractivity contribution in [2.45, 2.75) is 18.7 Å². The molecule has 0 aromatic rings. The Morgan fingerprint density at radius 3 is 2.35 bits per heavy atom. The normalized spacial score (nSPS) is 25.8. The fourth-order valence-electron chi connectivity index (χ4n) is 1.75. The van der Waals surface area contributed by atoms with Crippen molar-refractivity contribution in [1.82, 2.24) is 4.90 Å². The number of halogens is 3. The van der Waals surface area contributed by atoms with Crippen LogP contribution in [-0.2, 0) is 14.3 Å². The lowest BCUT2D eigenvalue weighted by atomic mass is 9.96. The molecular weight excluding hydrogens is 243 g/mol. The van der Waals surface area contributed by atoms with Crippen molar-refractivity contribution in [2.75, 3.05) is 20.2 Å². The van der Waals surface area contributed by atoms with Gasteiger partial charge in [0.15, 0.2) is 0 Å². The van der Waals surface area contributed by atoms with E-state index in [9.17, 15) is 22.8 Å². The van der Waals surface area contributed by atoms with Gasteiger partial charge in [-0.05, 0) is 6.42 Å². The quantitative estimate of drug-likeness (QED) is 0.780. The molecule has 2 unspecified atom stereocenters. The van der Waals surface area contributed by atoms with Gasteiger partial charge < -0.3 is 14.7 Å². The van der Waals surface area contributed by atoms with Gasteiger partial charge in [-0.15, -0.1) is 0 Å². The highest BCUT2D eigenvalue weighted by Gasteiger charge is 2.46. The van der Waals surface area contributed by atoms with Crippen molar-refractivity contribution in [1.29, 1.82) is 0 Å². The zero-order valence-electron chi connectivity index (χ0n) is 9.03. The fourth-order valence-corrected chi connectivity index (χ4v) is 1.75. The summed E-state index contributed by atoms with van der Waals surface area (Å²) >= 11 is 0. The third-order valence-electron chi connectivity index (χ3n) is 2.62. The zero-order valence-corrected chi connectivity index (χ0v) is 9.03. The number of alkyl halides is 3. The lowest BCUT2D eigenvalue weighted by molar-refractivity contribution is -0.190. The van der Waals surface area contributed by atoms with Crippen LogP contribution >= 0.6 is 0 Å². The number of hydrogen-bond acceptors (Lipinski definition) is 3. The predicted molar refractivity (Wildman–Crippen MR) is 49.2 cm³/mol. The summed E-state index contributed by atoms with van der Waals surface area (Å²) in [7, 11) is 1.27. The number of amides is 1. The van der Waals surface area contributed by atoms with Crippen LogP contribution in [0.3, 0.4) is 0 Å². The first-order valence-electron chi connectivity index (χ1n) is 4.87. The SMILES string of the molecule is COC1CC(C(=O)O)CN(C(=O)C(F)(F)F)C1. The highest BCUT2D eigenvalue weighted by atomic mass is 19.4. The van der Waals surface area contributed by atoms with E-state index in [4.69, 9.17) is 9.84 Å². The number of hydrogen-bond donors (Lipinski definition) is 1. The van der Waals surface area contributed by atoms with Gasteiger partial charge in [-0.3, -0.25) is 9.59 Å². The summed E-state index contributed by atoms with van der Waals surface area (Å²) < 4.78 is 41.5. The number of rotatable bonds is 2. The number of carbonyl (C=O) groups excluding carboxylic acids is 1. The summed E-state index contributed by atoms with van der Waals surface area (Å²) in [5.41, 5.74) is 0. The van der Waals surface area contributed by atoms with Gasteiger partial charge in [-0.1, -0.05) is 0 Å². The number of piperidine rings is 1. The second-order valence-electron chi connectivity index (χ2n) is 3.84. The Labute approximate surface area is 95.1 Å². The van der Waals surface area contributed by atoms with Crippen LogP contribution in [0, 0.1) is 5.92 Å². The van der Waals surface area contributed by atoms with E-state index in [1.807, 2.05) is 0 Å². The van der Waals surface area contributed by atoms with Crippen LogP contribution in [0.15, 0.2) is 0 Å². The predicted octanol–water partition coefficient (Wildman–Crippen LogP) is 0.497. The number of methoxy groups -OCH3 is 1. The molecule has 1 N–H and O–H groups in total. The molecule has 17 heavy (non-hydrogen) atoms. The molecule has 1 amide bonds. The van der Waals surface area contributed by atoms with E-state index in [1.54, 1.807) is 0 Å². The molecule has 5 nitrogen and oxygen atoms in total. The van der Waals surface area contributed by atoms with Crippen LogP contribution < -0.4 is 0 Å². The van der Waals surface area contributed by atoms with E-state index in [0.717, 1.165) is 0 Å². The van der Waals surface area contributed by atoms with Crippen LogP contribution in [0.25, 0.3) is 0 Å². The van der Waals surface area contributed by atoms with Crippen molar-refractivity contribution in [2.24, 2.45) is 5.92 Å². The molecule has 98 valence electrons. The third-order valence-corrected chi connectivity index (χ3v) is 2.62. The summed E-state index contributed by atoms with van der Waals surface area (Å²) in [5, 5.41) is 8.78. The zero-order chi connectivity index (χ0) is 13.2. The summed E-state index contributed by atoms with van der Waals surface area (Å²) in [6.07, 6.45) is -5.57. The molecule has 1 rings (SSSR count). The number of carbonyl (C=O) groups is 2. The second-order valence-corrected chi connectivity index (χ2v) is 3.84. The van der Waals surface area contributed by atoms with Crippen LogP contribution in [-0.4, -0.2) is 54.4 Å². The molecule has 1 aliphatic rings. The standard InChI is InChI=1S/C9H12F3NO4/c1-17-6-2-5(7(14)15)3-13(4-6)8(16)9(10,11)12/h5-6H,2-4H2,1H3,(H,14,15). The summed E-state index contributed by atoms with van der Waals surface area (Å²) in [4.78, 5) is 22.2. The van der Waals surface area contributed by atoms with Gasteiger partial charge in [0.2, 0.25) is 0 Å². The molecule has 1 saturated heterocycles.